The molecule has 1 aromatic rings. The molecule has 0 bridgehead atoms. The molecule has 18 heavy (non-hydrogen) atoms. The Morgan fingerprint density at radius 3 is 2.67 bits per heavy atom. The van der Waals surface area contributed by atoms with E-state index in [0.29, 0.717) is 5.02 Å². The second-order valence-electron chi connectivity index (χ2n) is 4.38. The first-order valence-corrected chi connectivity index (χ1v) is 6.49. The summed E-state index contributed by atoms with van der Waals surface area (Å²) in [6, 6.07) is 7.58. The second-order valence-corrected chi connectivity index (χ2v) is 4.79. The Morgan fingerprint density at radius 1 is 1.33 bits per heavy atom. The summed E-state index contributed by atoms with van der Waals surface area (Å²) < 4.78 is 0. The predicted molar refractivity (Wildman–Crippen MR) is 74.6 cm³/mol. The molecule has 0 unspecified atom stereocenters. The molecule has 0 aliphatic carbocycles. The van der Waals surface area contributed by atoms with E-state index in [1.807, 2.05) is 36.1 Å². The number of nitrogens with one attached hydrogen (secondary N) is 1. The van der Waals surface area contributed by atoms with Gasteiger partial charge in [-0.15, -0.1) is 0 Å². The zero-order valence-corrected chi connectivity index (χ0v) is 11.2. The van der Waals surface area contributed by atoms with Gasteiger partial charge in [0.2, 0.25) is 5.91 Å². The van der Waals surface area contributed by atoms with E-state index in [-0.39, 0.29) is 5.91 Å². The third-order valence-corrected chi connectivity index (χ3v) is 3.40. The summed E-state index contributed by atoms with van der Waals surface area (Å²) in [5.74, 6) is 0.0638. The number of allylic oxidation sites excluding steroid dienone is 1. The summed E-state index contributed by atoms with van der Waals surface area (Å²) in [4.78, 5) is 13.9. The fourth-order valence-electron chi connectivity index (χ4n) is 2.02. The fraction of sp³-hybridized carbons (Fsp3) is 0.357. The molecule has 2 rings (SSSR count). The first kappa shape index (κ1) is 13.1. The number of piperazine rings is 1. The van der Waals surface area contributed by atoms with Gasteiger partial charge in [0.15, 0.2) is 0 Å². The summed E-state index contributed by atoms with van der Waals surface area (Å²) in [6.45, 7) is 5.19. The average Bonchev–Trinajstić information content (AvgIpc) is 2.40. The highest BCUT2D eigenvalue weighted by Gasteiger charge is 2.14. The maximum atomic E-state index is 12.1. The third-order valence-electron chi connectivity index (χ3n) is 3.07. The summed E-state index contributed by atoms with van der Waals surface area (Å²) in [7, 11) is 0. The number of amides is 1. The molecule has 0 radical (unpaired) electrons. The maximum absolute atomic E-state index is 12.1. The van der Waals surface area contributed by atoms with Gasteiger partial charge < -0.3 is 10.2 Å². The molecule has 0 atom stereocenters. The molecule has 1 aliphatic heterocycles. The van der Waals surface area contributed by atoms with Crippen LogP contribution in [0.2, 0.25) is 5.02 Å². The molecule has 1 amide bonds. The predicted octanol–water partition coefficient (Wildman–Crippen LogP) is 2.18. The molecule has 1 aliphatic rings. The minimum absolute atomic E-state index is 0.0638. The molecule has 1 fully saturated rings. The normalized spacial score (nSPS) is 16.8. The summed E-state index contributed by atoms with van der Waals surface area (Å²) in [6.07, 6.45) is 1.67. The fourth-order valence-corrected chi connectivity index (χ4v) is 2.31. The van der Waals surface area contributed by atoms with Crippen LogP contribution in [0.3, 0.4) is 0 Å². The summed E-state index contributed by atoms with van der Waals surface area (Å²) in [5, 5.41) is 3.91. The molecule has 0 aromatic heterocycles. The van der Waals surface area contributed by atoms with Crippen molar-refractivity contribution in [2.75, 3.05) is 26.2 Å². The Morgan fingerprint density at radius 2 is 2.00 bits per heavy atom. The van der Waals surface area contributed by atoms with E-state index in [1.54, 1.807) is 6.08 Å². The highest BCUT2D eigenvalue weighted by Crippen LogP contribution is 2.23. The molecule has 1 aromatic carbocycles. The Kier molecular flexibility index (Phi) is 4.39. The zero-order chi connectivity index (χ0) is 13.0. The van der Waals surface area contributed by atoms with Crippen molar-refractivity contribution in [3.63, 3.8) is 0 Å². The Bertz CT molecular complexity index is 465. The first-order valence-electron chi connectivity index (χ1n) is 6.11. The summed E-state index contributed by atoms with van der Waals surface area (Å²) >= 11 is 6.11. The van der Waals surface area contributed by atoms with Crippen LogP contribution in [0, 0.1) is 0 Å². The number of rotatable bonds is 2. The van der Waals surface area contributed by atoms with E-state index in [2.05, 4.69) is 5.32 Å². The number of carbonyl (C=O) groups excluding carboxylic acids is 1. The monoisotopic (exact) mass is 264 g/mol. The lowest BCUT2D eigenvalue weighted by Crippen LogP contribution is -2.45. The molecular formula is C14H17ClN2O. The number of halogens is 1. The van der Waals surface area contributed by atoms with Gasteiger partial charge in [0, 0.05) is 37.3 Å². The topological polar surface area (TPSA) is 32.3 Å². The van der Waals surface area contributed by atoms with Crippen LogP contribution in [0.1, 0.15) is 12.5 Å². The van der Waals surface area contributed by atoms with Crippen LogP contribution in [0.5, 0.6) is 0 Å². The standard InChI is InChI=1S/C14H17ClN2O/c1-11(12-4-2-3-5-13(12)15)10-14(18)17-8-6-16-7-9-17/h2-5,10,16H,6-9H2,1H3/b11-10-. The van der Waals surface area contributed by atoms with Gasteiger partial charge in [-0.2, -0.15) is 0 Å². The van der Waals surface area contributed by atoms with Crippen LogP contribution in [-0.2, 0) is 4.79 Å². The molecule has 4 heteroatoms. The van der Waals surface area contributed by atoms with Crippen molar-refractivity contribution in [1.82, 2.24) is 10.2 Å². The number of carbonyl (C=O) groups is 1. The number of hydrogen-bond donors (Lipinski definition) is 1. The van der Waals surface area contributed by atoms with Crippen molar-refractivity contribution in [3.05, 3.63) is 40.9 Å². The molecule has 1 N–H and O–H groups in total. The molecule has 1 saturated heterocycles. The highest BCUT2D eigenvalue weighted by atomic mass is 35.5. The molecule has 1 heterocycles. The number of nitrogens with zero attached hydrogens (tertiary/aromatic N) is 1. The van der Waals surface area contributed by atoms with E-state index >= 15 is 0 Å². The van der Waals surface area contributed by atoms with E-state index < -0.39 is 0 Å². The van der Waals surface area contributed by atoms with Crippen molar-refractivity contribution >= 4 is 23.1 Å². The smallest absolute Gasteiger partial charge is 0.246 e. The van der Waals surface area contributed by atoms with Crippen LogP contribution in [0.4, 0.5) is 0 Å². The van der Waals surface area contributed by atoms with Crippen LogP contribution in [0.25, 0.3) is 5.57 Å². The summed E-state index contributed by atoms with van der Waals surface area (Å²) in [5.41, 5.74) is 1.83. The molecular weight excluding hydrogens is 248 g/mol. The van der Waals surface area contributed by atoms with Gasteiger partial charge in [-0.3, -0.25) is 4.79 Å². The van der Waals surface area contributed by atoms with Crippen molar-refractivity contribution in [1.29, 1.82) is 0 Å². The molecule has 0 saturated carbocycles. The quantitative estimate of drug-likeness (QED) is 0.831. The molecule has 96 valence electrons. The van der Waals surface area contributed by atoms with E-state index in [1.165, 1.54) is 0 Å². The lowest BCUT2D eigenvalue weighted by atomic mass is 10.1. The van der Waals surface area contributed by atoms with E-state index in [4.69, 9.17) is 11.6 Å². The minimum atomic E-state index is 0.0638. The highest BCUT2D eigenvalue weighted by molar-refractivity contribution is 6.32. The first-order chi connectivity index (χ1) is 8.68. The lowest BCUT2D eigenvalue weighted by Gasteiger charge is -2.26. The van der Waals surface area contributed by atoms with Crippen LogP contribution in [-0.4, -0.2) is 37.0 Å². The largest absolute Gasteiger partial charge is 0.337 e. The van der Waals surface area contributed by atoms with Gasteiger partial charge in [-0.25, -0.2) is 0 Å². The maximum Gasteiger partial charge on any atom is 0.246 e. The molecule has 0 spiro atoms. The number of benzene rings is 1. The van der Waals surface area contributed by atoms with Crippen LogP contribution < -0.4 is 5.32 Å². The van der Waals surface area contributed by atoms with Gasteiger partial charge in [0.25, 0.3) is 0 Å². The second kappa shape index (κ2) is 6.03. The minimum Gasteiger partial charge on any atom is -0.337 e. The zero-order valence-electron chi connectivity index (χ0n) is 10.4. The average molecular weight is 265 g/mol. The van der Waals surface area contributed by atoms with Gasteiger partial charge in [-0.1, -0.05) is 29.8 Å². The van der Waals surface area contributed by atoms with E-state index in [9.17, 15) is 4.79 Å². The Labute approximate surface area is 112 Å². The van der Waals surface area contributed by atoms with Gasteiger partial charge >= 0.3 is 0 Å². The third kappa shape index (κ3) is 3.12. The van der Waals surface area contributed by atoms with Crippen LogP contribution in [0.15, 0.2) is 30.3 Å². The van der Waals surface area contributed by atoms with Crippen molar-refractivity contribution in [2.24, 2.45) is 0 Å². The van der Waals surface area contributed by atoms with E-state index in [0.717, 1.165) is 37.3 Å². The van der Waals surface area contributed by atoms with Crippen LogP contribution >= 0.6 is 11.6 Å². The van der Waals surface area contributed by atoms with Crippen molar-refractivity contribution in [2.45, 2.75) is 6.92 Å². The van der Waals surface area contributed by atoms with Gasteiger partial charge in [0.1, 0.15) is 0 Å². The number of hydrogen-bond acceptors (Lipinski definition) is 2. The van der Waals surface area contributed by atoms with Crippen molar-refractivity contribution in [3.8, 4) is 0 Å². The van der Waals surface area contributed by atoms with Gasteiger partial charge in [0.05, 0.1) is 0 Å². The van der Waals surface area contributed by atoms with Crippen molar-refractivity contribution < 1.29 is 4.79 Å². The van der Waals surface area contributed by atoms with Gasteiger partial charge in [-0.05, 0) is 24.1 Å². The SMILES string of the molecule is C/C(=C/C(=O)N1CCNCC1)c1ccccc1Cl. The molecule has 3 nitrogen and oxygen atoms in total. The Hall–Kier alpha value is -1.32. The lowest BCUT2D eigenvalue weighted by molar-refractivity contribution is -0.126. The Balaban J connectivity index is 2.12.